The van der Waals surface area contributed by atoms with E-state index in [1.807, 2.05) is 31.0 Å². The average Bonchev–Trinajstić information content (AvgIpc) is 2.86. The van der Waals surface area contributed by atoms with Crippen molar-refractivity contribution in [3.8, 4) is 0 Å². The molecule has 0 bridgehead atoms. The van der Waals surface area contributed by atoms with Crippen LogP contribution in [0, 0.1) is 0 Å². The Kier molecular flexibility index (Phi) is 4.43. The number of aromatic nitrogens is 3. The van der Waals surface area contributed by atoms with Crippen LogP contribution in [0.2, 0.25) is 0 Å². The molecule has 0 radical (unpaired) electrons. The quantitative estimate of drug-likeness (QED) is 0.787. The fourth-order valence-electron chi connectivity index (χ4n) is 2.67. The fourth-order valence-corrected chi connectivity index (χ4v) is 2.67. The summed E-state index contributed by atoms with van der Waals surface area (Å²) in [5.41, 5.74) is 2.67. The Bertz CT molecular complexity index is 516. The van der Waals surface area contributed by atoms with Crippen LogP contribution in [0.5, 0.6) is 0 Å². The monoisotopic (exact) mass is 270 g/mol. The van der Waals surface area contributed by atoms with Gasteiger partial charge in [-0.15, -0.1) is 0 Å². The zero-order valence-corrected chi connectivity index (χ0v) is 11.8. The van der Waals surface area contributed by atoms with Gasteiger partial charge in [0, 0.05) is 43.3 Å². The molecule has 0 spiro atoms. The maximum atomic E-state index is 4.31. The van der Waals surface area contributed by atoms with E-state index in [1.165, 1.54) is 30.5 Å². The van der Waals surface area contributed by atoms with Gasteiger partial charge in [0.25, 0.3) is 0 Å². The van der Waals surface area contributed by atoms with Gasteiger partial charge in [-0.1, -0.05) is 12.5 Å². The Labute approximate surface area is 120 Å². The van der Waals surface area contributed by atoms with Crippen molar-refractivity contribution < 1.29 is 0 Å². The third kappa shape index (κ3) is 3.25. The van der Waals surface area contributed by atoms with Gasteiger partial charge in [0.15, 0.2) is 0 Å². The zero-order chi connectivity index (χ0) is 13.6. The van der Waals surface area contributed by atoms with Gasteiger partial charge in [0.05, 0.1) is 6.33 Å². The molecule has 0 saturated heterocycles. The summed E-state index contributed by atoms with van der Waals surface area (Å²) < 4.78 is 2.33. The number of hydrogen-bond acceptors (Lipinski definition) is 3. The van der Waals surface area contributed by atoms with Crippen LogP contribution in [0.15, 0.2) is 37.1 Å². The lowest BCUT2D eigenvalue weighted by Crippen LogP contribution is -2.18. The Morgan fingerprint density at radius 3 is 2.95 bits per heavy atom. The molecule has 1 saturated carbocycles. The van der Waals surface area contributed by atoms with Crippen LogP contribution in [0.3, 0.4) is 0 Å². The van der Waals surface area contributed by atoms with E-state index in [0.717, 1.165) is 32.0 Å². The standard InChI is InChI=1S/C16H22N4/c1-5-15(6-1)16-12-19-13-20(16)9-3-8-18-11-14-4-2-7-17-10-14/h2,4,7,10,12-13,15,18H,1,3,5-6,8-9,11H2. The van der Waals surface area contributed by atoms with Gasteiger partial charge in [-0.3, -0.25) is 4.98 Å². The Morgan fingerprint density at radius 2 is 2.20 bits per heavy atom. The molecule has 4 nitrogen and oxygen atoms in total. The number of rotatable bonds is 7. The van der Waals surface area contributed by atoms with Crippen LogP contribution >= 0.6 is 0 Å². The largest absolute Gasteiger partial charge is 0.334 e. The normalized spacial score (nSPS) is 15.2. The number of aryl methyl sites for hydroxylation is 1. The molecular weight excluding hydrogens is 248 g/mol. The summed E-state index contributed by atoms with van der Waals surface area (Å²) in [5, 5.41) is 3.47. The summed E-state index contributed by atoms with van der Waals surface area (Å²) in [6.07, 6.45) is 12.9. The summed E-state index contributed by atoms with van der Waals surface area (Å²) >= 11 is 0. The summed E-state index contributed by atoms with van der Waals surface area (Å²) in [4.78, 5) is 8.42. The van der Waals surface area contributed by atoms with Crippen molar-refractivity contribution in [1.29, 1.82) is 0 Å². The highest BCUT2D eigenvalue weighted by molar-refractivity contribution is 5.09. The molecule has 0 amide bonds. The van der Waals surface area contributed by atoms with Crippen molar-refractivity contribution in [2.24, 2.45) is 0 Å². The van der Waals surface area contributed by atoms with Gasteiger partial charge >= 0.3 is 0 Å². The third-order valence-corrected chi connectivity index (χ3v) is 4.07. The lowest BCUT2D eigenvalue weighted by molar-refractivity contribution is 0.394. The molecule has 1 aliphatic rings. The highest BCUT2D eigenvalue weighted by Crippen LogP contribution is 2.35. The summed E-state index contributed by atoms with van der Waals surface area (Å²) in [6, 6.07) is 4.08. The van der Waals surface area contributed by atoms with Gasteiger partial charge in [0.2, 0.25) is 0 Å². The number of hydrogen-bond donors (Lipinski definition) is 1. The van der Waals surface area contributed by atoms with E-state index in [1.54, 1.807) is 0 Å². The molecule has 2 aromatic heterocycles. The molecule has 0 aliphatic heterocycles. The maximum Gasteiger partial charge on any atom is 0.0948 e. The molecular formula is C16H22N4. The van der Waals surface area contributed by atoms with Crippen molar-refractivity contribution in [3.05, 3.63) is 48.3 Å². The fraction of sp³-hybridized carbons (Fsp3) is 0.500. The lowest BCUT2D eigenvalue weighted by Gasteiger charge is -2.26. The van der Waals surface area contributed by atoms with Crippen molar-refractivity contribution >= 4 is 0 Å². The van der Waals surface area contributed by atoms with E-state index in [-0.39, 0.29) is 0 Å². The first-order valence-corrected chi connectivity index (χ1v) is 7.53. The highest BCUT2D eigenvalue weighted by Gasteiger charge is 2.22. The van der Waals surface area contributed by atoms with E-state index in [9.17, 15) is 0 Å². The molecule has 0 aromatic carbocycles. The van der Waals surface area contributed by atoms with E-state index >= 15 is 0 Å². The molecule has 1 fully saturated rings. The van der Waals surface area contributed by atoms with Crippen LogP contribution in [0.4, 0.5) is 0 Å². The van der Waals surface area contributed by atoms with E-state index in [2.05, 4.69) is 25.9 Å². The molecule has 0 atom stereocenters. The Morgan fingerprint density at radius 1 is 1.25 bits per heavy atom. The topological polar surface area (TPSA) is 42.7 Å². The highest BCUT2D eigenvalue weighted by atomic mass is 15.0. The second-order valence-corrected chi connectivity index (χ2v) is 5.53. The molecule has 20 heavy (non-hydrogen) atoms. The van der Waals surface area contributed by atoms with Crippen LogP contribution < -0.4 is 5.32 Å². The van der Waals surface area contributed by atoms with Crippen molar-refractivity contribution in [2.45, 2.75) is 44.7 Å². The van der Waals surface area contributed by atoms with Crippen LogP contribution in [-0.2, 0) is 13.1 Å². The minimum absolute atomic E-state index is 0.765. The van der Waals surface area contributed by atoms with Gasteiger partial charge < -0.3 is 9.88 Å². The summed E-state index contributed by atoms with van der Waals surface area (Å²) in [5.74, 6) is 0.765. The Hall–Kier alpha value is -1.68. The molecule has 3 rings (SSSR count). The van der Waals surface area contributed by atoms with Gasteiger partial charge in [-0.2, -0.15) is 0 Å². The van der Waals surface area contributed by atoms with Crippen LogP contribution in [0.1, 0.15) is 42.9 Å². The van der Waals surface area contributed by atoms with E-state index < -0.39 is 0 Å². The molecule has 1 aliphatic carbocycles. The minimum Gasteiger partial charge on any atom is -0.334 e. The van der Waals surface area contributed by atoms with E-state index in [0.29, 0.717) is 0 Å². The number of imidazole rings is 1. The maximum absolute atomic E-state index is 4.31. The first-order chi connectivity index (χ1) is 9.93. The molecule has 2 aromatic rings. The van der Waals surface area contributed by atoms with E-state index in [4.69, 9.17) is 0 Å². The summed E-state index contributed by atoms with van der Waals surface area (Å²) in [6.45, 7) is 2.98. The third-order valence-electron chi connectivity index (χ3n) is 4.07. The summed E-state index contributed by atoms with van der Waals surface area (Å²) in [7, 11) is 0. The number of nitrogens with one attached hydrogen (secondary N) is 1. The lowest BCUT2D eigenvalue weighted by atomic mass is 9.83. The second-order valence-electron chi connectivity index (χ2n) is 5.53. The molecule has 4 heteroatoms. The predicted octanol–water partition coefficient (Wildman–Crippen LogP) is 2.73. The second kappa shape index (κ2) is 6.66. The Balaban J connectivity index is 1.38. The van der Waals surface area contributed by atoms with Gasteiger partial charge in [-0.25, -0.2) is 4.98 Å². The van der Waals surface area contributed by atoms with Gasteiger partial charge in [-0.05, 0) is 37.4 Å². The molecule has 0 unspecified atom stereocenters. The van der Waals surface area contributed by atoms with Crippen LogP contribution in [0.25, 0.3) is 0 Å². The predicted molar refractivity (Wildman–Crippen MR) is 79.4 cm³/mol. The van der Waals surface area contributed by atoms with Crippen molar-refractivity contribution in [3.63, 3.8) is 0 Å². The van der Waals surface area contributed by atoms with Crippen molar-refractivity contribution in [2.75, 3.05) is 6.54 Å². The number of pyridine rings is 1. The zero-order valence-electron chi connectivity index (χ0n) is 11.8. The molecule has 1 N–H and O–H groups in total. The molecule has 106 valence electrons. The average molecular weight is 270 g/mol. The number of nitrogens with zero attached hydrogens (tertiary/aromatic N) is 3. The minimum atomic E-state index is 0.765. The van der Waals surface area contributed by atoms with Crippen molar-refractivity contribution in [1.82, 2.24) is 19.9 Å². The first-order valence-electron chi connectivity index (χ1n) is 7.53. The SMILES string of the molecule is c1cncc(CNCCCn2cncc2C2CCC2)c1. The van der Waals surface area contributed by atoms with Gasteiger partial charge in [0.1, 0.15) is 0 Å². The van der Waals surface area contributed by atoms with Crippen LogP contribution in [-0.4, -0.2) is 21.1 Å². The smallest absolute Gasteiger partial charge is 0.0948 e. The first kappa shape index (κ1) is 13.3. The molecule has 2 heterocycles.